The Morgan fingerprint density at radius 1 is 1.04 bits per heavy atom. The highest BCUT2D eigenvalue weighted by molar-refractivity contribution is 5.99. The number of amides is 2. The van der Waals surface area contributed by atoms with Crippen molar-refractivity contribution >= 4 is 11.8 Å². The minimum absolute atomic E-state index is 0.0255. The van der Waals surface area contributed by atoms with E-state index < -0.39 is 0 Å². The lowest BCUT2D eigenvalue weighted by Crippen LogP contribution is -2.36. The lowest BCUT2D eigenvalue weighted by atomic mass is 9.99. The van der Waals surface area contributed by atoms with Crippen LogP contribution in [0.3, 0.4) is 0 Å². The normalized spacial score (nSPS) is 13.4. The molecule has 2 aromatic rings. The maximum atomic E-state index is 12.9. The minimum atomic E-state index is -0.148. The Balaban J connectivity index is 1.68. The zero-order valence-corrected chi connectivity index (χ0v) is 15.4. The zero-order chi connectivity index (χ0) is 18.5. The number of nitrogens with zero attached hydrogens (tertiary/aromatic N) is 2. The first-order chi connectivity index (χ1) is 12.5. The molecular weight excluding hydrogens is 326 g/mol. The summed E-state index contributed by atoms with van der Waals surface area (Å²) in [6.45, 7) is 2.67. The summed E-state index contributed by atoms with van der Waals surface area (Å²) in [7, 11) is 3.92. The molecule has 2 aromatic carbocycles. The SMILES string of the molecule is CN(C)CCNC(=O)c1cccc(C(=O)N2CCc3ccccc3C2)c1. The second-order valence-corrected chi connectivity index (χ2v) is 6.89. The Kier molecular flexibility index (Phi) is 5.68. The highest BCUT2D eigenvalue weighted by Gasteiger charge is 2.22. The molecule has 1 N–H and O–H groups in total. The number of hydrogen-bond donors (Lipinski definition) is 1. The number of likely N-dealkylation sites (N-methyl/N-ethyl adjacent to an activating group) is 1. The van der Waals surface area contributed by atoms with Gasteiger partial charge in [-0.2, -0.15) is 0 Å². The van der Waals surface area contributed by atoms with Crippen molar-refractivity contribution in [3.63, 3.8) is 0 Å². The number of nitrogens with one attached hydrogen (secondary N) is 1. The van der Waals surface area contributed by atoms with Crippen LogP contribution in [-0.4, -0.2) is 55.3 Å². The highest BCUT2D eigenvalue weighted by atomic mass is 16.2. The summed E-state index contributed by atoms with van der Waals surface area (Å²) >= 11 is 0. The molecule has 3 rings (SSSR count). The first kappa shape index (κ1) is 18.1. The molecule has 5 nitrogen and oxygen atoms in total. The van der Waals surface area contributed by atoms with E-state index in [9.17, 15) is 9.59 Å². The van der Waals surface area contributed by atoms with E-state index in [-0.39, 0.29) is 11.8 Å². The highest BCUT2D eigenvalue weighted by Crippen LogP contribution is 2.20. The monoisotopic (exact) mass is 351 g/mol. The van der Waals surface area contributed by atoms with Crippen LogP contribution in [0.5, 0.6) is 0 Å². The molecule has 0 aliphatic carbocycles. The van der Waals surface area contributed by atoms with Gasteiger partial charge in [-0.1, -0.05) is 30.3 Å². The molecule has 0 aromatic heterocycles. The summed E-state index contributed by atoms with van der Waals surface area (Å²) < 4.78 is 0. The van der Waals surface area contributed by atoms with Crippen molar-refractivity contribution in [2.45, 2.75) is 13.0 Å². The van der Waals surface area contributed by atoms with E-state index in [1.807, 2.05) is 36.0 Å². The molecule has 2 amide bonds. The van der Waals surface area contributed by atoms with Crippen molar-refractivity contribution in [2.24, 2.45) is 0 Å². The van der Waals surface area contributed by atoms with E-state index in [0.29, 0.717) is 30.8 Å². The summed E-state index contributed by atoms with van der Waals surface area (Å²) in [5.74, 6) is -0.173. The third kappa shape index (κ3) is 4.29. The Morgan fingerprint density at radius 3 is 2.54 bits per heavy atom. The van der Waals surface area contributed by atoms with Crippen molar-refractivity contribution < 1.29 is 9.59 Å². The second-order valence-electron chi connectivity index (χ2n) is 6.89. The van der Waals surface area contributed by atoms with Gasteiger partial charge in [0.05, 0.1) is 0 Å². The molecule has 0 saturated heterocycles. The number of carbonyl (C=O) groups is 2. The van der Waals surface area contributed by atoms with Gasteiger partial charge in [0.2, 0.25) is 0 Å². The summed E-state index contributed by atoms with van der Waals surface area (Å²) in [6, 6.07) is 15.2. The van der Waals surface area contributed by atoms with Crippen LogP contribution >= 0.6 is 0 Å². The molecule has 0 saturated carbocycles. The van der Waals surface area contributed by atoms with Gasteiger partial charge in [-0.25, -0.2) is 0 Å². The smallest absolute Gasteiger partial charge is 0.254 e. The van der Waals surface area contributed by atoms with Crippen LogP contribution in [0.4, 0.5) is 0 Å². The third-order valence-corrected chi connectivity index (χ3v) is 4.63. The van der Waals surface area contributed by atoms with Crippen molar-refractivity contribution in [2.75, 3.05) is 33.7 Å². The molecular formula is C21H25N3O2. The minimum Gasteiger partial charge on any atom is -0.351 e. The van der Waals surface area contributed by atoms with Gasteiger partial charge in [-0.3, -0.25) is 9.59 Å². The largest absolute Gasteiger partial charge is 0.351 e. The number of carbonyl (C=O) groups excluding carboxylic acids is 2. The van der Waals surface area contributed by atoms with Gasteiger partial charge >= 0.3 is 0 Å². The second kappa shape index (κ2) is 8.15. The van der Waals surface area contributed by atoms with E-state index in [0.717, 1.165) is 13.0 Å². The number of fused-ring (bicyclic) bond motifs is 1. The number of rotatable bonds is 5. The summed E-state index contributed by atoms with van der Waals surface area (Å²) in [5.41, 5.74) is 3.59. The molecule has 136 valence electrons. The Hall–Kier alpha value is -2.66. The lowest BCUT2D eigenvalue weighted by Gasteiger charge is -2.29. The van der Waals surface area contributed by atoms with Gasteiger partial charge in [0, 0.05) is 37.3 Å². The zero-order valence-electron chi connectivity index (χ0n) is 15.4. The maximum absolute atomic E-state index is 12.9. The molecule has 1 aliphatic rings. The molecule has 26 heavy (non-hydrogen) atoms. The lowest BCUT2D eigenvalue weighted by molar-refractivity contribution is 0.0734. The topological polar surface area (TPSA) is 52.7 Å². The number of benzene rings is 2. The quantitative estimate of drug-likeness (QED) is 0.898. The molecule has 1 heterocycles. The maximum Gasteiger partial charge on any atom is 0.254 e. The average Bonchev–Trinajstić information content (AvgIpc) is 2.66. The van der Waals surface area contributed by atoms with E-state index in [2.05, 4.69) is 17.4 Å². The van der Waals surface area contributed by atoms with Crippen LogP contribution in [0, 0.1) is 0 Å². The van der Waals surface area contributed by atoms with Crippen molar-refractivity contribution in [1.29, 1.82) is 0 Å². The third-order valence-electron chi connectivity index (χ3n) is 4.63. The summed E-state index contributed by atoms with van der Waals surface area (Å²) in [6.07, 6.45) is 0.868. The van der Waals surface area contributed by atoms with Gasteiger partial charge in [0.15, 0.2) is 0 Å². The Labute approximate surface area is 154 Å². The fourth-order valence-electron chi connectivity index (χ4n) is 3.14. The summed E-state index contributed by atoms with van der Waals surface area (Å²) in [5, 5.41) is 2.88. The molecule has 0 unspecified atom stereocenters. The van der Waals surface area contributed by atoms with Gasteiger partial charge in [0.1, 0.15) is 0 Å². The van der Waals surface area contributed by atoms with Crippen molar-refractivity contribution in [3.8, 4) is 0 Å². The van der Waals surface area contributed by atoms with Gasteiger partial charge in [-0.15, -0.1) is 0 Å². The molecule has 0 fully saturated rings. The average molecular weight is 351 g/mol. The first-order valence-electron chi connectivity index (χ1n) is 8.93. The molecule has 5 heteroatoms. The van der Waals surface area contributed by atoms with Crippen LogP contribution in [0.1, 0.15) is 31.8 Å². The summed E-state index contributed by atoms with van der Waals surface area (Å²) in [4.78, 5) is 29.0. The van der Waals surface area contributed by atoms with Crippen LogP contribution in [0.2, 0.25) is 0 Å². The van der Waals surface area contributed by atoms with Crippen molar-refractivity contribution in [3.05, 3.63) is 70.8 Å². The fourth-order valence-corrected chi connectivity index (χ4v) is 3.14. The van der Waals surface area contributed by atoms with Gasteiger partial charge in [-0.05, 0) is 49.8 Å². The predicted octanol–water partition coefficient (Wildman–Crippen LogP) is 2.18. The molecule has 0 radical (unpaired) electrons. The fraction of sp³-hybridized carbons (Fsp3) is 0.333. The molecule has 0 atom stereocenters. The van der Waals surface area contributed by atoms with Crippen LogP contribution in [0.15, 0.2) is 48.5 Å². The van der Waals surface area contributed by atoms with Gasteiger partial charge in [0.25, 0.3) is 11.8 Å². The van der Waals surface area contributed by atoms with E-state index >= 15 is 0 Å². The predicted molar refractivity (Wildman–Crippen MR) is 102 cm³/mol. The van der Waals surface area contributed by atoms with Crippen LogP contribution < -0.4 is 5.32 Å². The Bertz CT molecular complexity index is 801. The van der Waals surface area contributed by atoms with Crippen LogP contribution in [-0.2, 0) is 13.0 Å². The standard InChI is InChI=1S/C21H25N3O2/c1-23(2)13-11-22-20(25)17-8-5-9-18(14-17)21(26)24-12-10-16-6-3-4-7-19(16)15-24/h3-9,14H,10-13,15H2,1-2H3,(H,22,25). The van der Waals surface area contributed by atoms with E-state index in [1.54, 1.807) is 24.3 Å². The van der Waals surface area contributed by atoms with E-state index in [1.165, 1.54) is 11.1 Å². The first-order valence-corrected chi connectivity index (χ1v) is 8.93. The molecule has 1 aliphatic heterocycles. The Morgan fingerprint density at radius 2 is 1.77 bits per heavy atom. The van der Waals surface area contributed by atoms with Gasteiger partial charge < -0.3 is 15.1 Å². The van der Waals surface area contributed by atoms with Crippen LogP contribution in [0.25, 0.3) is 0 Å². The number of hydrogen-bond acceptors (Lipinski definition) is 3. The molecule has 0 bridgehead atoms. The van der Waals surface area contributed by atoms with Crippen molar-refractivity contribution in [1.82, 2.24) is 15.1 Å². The molecule has 0 spiro atoms. The van der Waals surface area contributed by atoms with E-state index in [4.69, 9.17) is 0 Å².